The largest absolute Gasteiger partial charge is 0.493 e. The van der Waals surface area contributed by atoms with E-state index in [1.165, 1.54) is 25.5 Å². The molecule has 0 amide bonds. The molecule has 0 aliphatic carbocycles. The van der Waals surface area contributed by atoms with E-state index >= 15 is 0 Å². The van der Waals surface area contributed by atoms with Crippen LogP contribution in [-0.2, 0) is 17.6 Å². The summed E-state index contributed by atoms with van der Waals surface area (Å²) < 4.78 is 10.8. The molecule has 2 aromatic rings. The second-order valence-corrected chi connectivity index (χ2v) is 6.41. The van der Waals surface area contributed by atoms with Gasteiger partial charge >= 0.3 is 5.97 Å². The molecule has 0 radical (unpaired) electrons. The number of ether oxygens (including phenoxy) is 2. The van der Waals surface area contributed by atoms with Crippen molar-refractivity contribution in [2.45, 2.75) is 32.6 Å². The number of aliphatic carboxylic acids is 1. The molecule has 5 heteroatoms. The lowest BCUT2D eigenvalue weighted by molar-refractivity contribution is -0.139. The third-order valence-corrected chi connectivity index (χ3v) is 4.20. The molecule has 148 valence electrons. The van der Waals surface area contributed by atoms with Crippen molar-refractivity contribution in [2.24, 2.45) is 4.99 Å². The minimum Gasteiger partial charge on any atom is -0.493 e. The number of benzene rings is 2. The molecule has 1 N–H and O–H groups in total. The highest BCUT2D eigenvalue weighted by Gasteiger charge is 2.13. The van der Waals surface area contributed by atoms with Gasteiger partial charge in [-0.15, -0.1) is 6.58 Å². The standard InChI is InChI=1S/C23H27NO4/c1-4-6-8-17-9-11-20(12-10-17)24-15-18-13-19(7-5-2)23(21(14-18)27-3)28-16-22(25)26/h5,9-15H,2,4,6-8,16H2,1,3H3,(H,25,26). The Balaban J connectivity index is 2.24. The molecule has 0 aromatic heterocycles. The molecule has 0 bridgehead atoms. The fraction of sp³-hybridized carbons (Fsp3) is 0.304. The third-order valence-electron chi connectivity index (χ3n) is 4.20. The average Bonchev–Trinajstić information content (AvgIpc) is 2.70. The molecule has 28 heavy (non-hydrogen) atoms. The number of carboxylic acids is 1. The summed E-state index contributed by atoms with van der Waals surface area (Å²) in [6.07, 6.45) is 7.47. The van der Waals surface area contributed by atoms with Crippen LogP contribution in [0.25, 0.3) is 0 Å². The summed E-state index contributed by atoms with van der Waals surface area (Å²) in [5, 5.41) is 8.88. The van der Waals surface area contributed by atoms with Crippen molar-refractivity contribution in [1.29, 1.82) is 0 Å². The maximum Gasteiger partial charge on any atom is 0.341 e. The van der Waals surface area contributed by atoms with Crippen LogP contribution < -0.4 is 9.47 Å². The Morgan fingerprint density at radius 3 is 2.61 bits per heavy atom. The van der Waals surface area contributed by atoms with Crippen LogP contribution in [0, 0.1) is 0 Å². The van der Waals surface area contributed by atoms with E-state index in [0.29, 0.717) is 17.9 Å². The van der Waals surface area contributed by atoms with E-state index in [1.54, 1.807) is 18.4 Å². The highest BCUT2D eigenvalue weighted by Crippen LogP contribution is 2.33. The summed E-state index contributed by atoms with van der Waals surface area (Å²) in [6, 6.07) is 11.9. The Morgan fingerprint density at radius 1 is 1.25 bits per heavy atom. The topological polar surface area (TPSA) is 68.1 Å². The maximum atomic E-state index is 10.8. The van der Waals surface area contributed by atoms with Crippen molar-refractivity contribution in [3.63, 3.8) is 0 Å². The van der Waals surface area contributed by atoms with Crippen LogP contribution in [0.1, 0.15) is 36.5 Å². The lowest BCUT2D eigenvalue weighted by Crippen LogP contribution is -2.11. The molecule has 0 saturated carbocycles. The first kappa shape index (κ1) is 21.2. The van der Waals surface area contributed by atoms with Crippen molar-refractivity contribution in [3.05, 3.63) is 65.7 Å². The molecule has 0 saturated heterocycles. The second-order valence-electron chi connectivity index (χ2n) is 6.41. The maximum absolute atomic E-state index is 10.8. The van der Waals surface area contributed by atoms with Gasteiger partial charge in [-0.1, -0.05) is 31.6 Å². The summed E-state index contributed by atoms with van der Waals surface area (Å²) in [5.74, 6) is -0.154. The van der Waals surface area contributed by atoms with Crippen LogP contribution in [-0.4, -0.2) is 31.0 Å². The number of carbonyl (C=O) groups is 1. The zero-order valence-electron chi connectivity index (χ0n) is 16.5. The number of hydrogen-bond acceptors (Lipinski definition) is 4. The Kier molecular flexibility index (Phi) is 8.28. The van der Waals surface area contributed by atoms with Crippen molar-refractivity contribution in [1.82, 2.24) is 0 Å². The monoisotopic (exact) mass is 381 g/mol. The minimum atomic E-state index is -1.04. The van der Waals surface area contributed by atoms with Crippen molar-refractivity contribution in [3.8, 4) is 11.5 Å². The summed E-state index contributed by atoms with van der Waals surface area (Å²) >= 11 is 0. The number of aryl methyl sites for hydroxylation is 1. The van der Waals surface area contributed by atoms with Gasteiger partial charge in [0.2, 0.25) is 0 Å². The highest BCUT2D eigenvalue weighted by atomic mass is 16.5. The first-order valence-corrected chi connectivity index (χ1v) is 9.36. The van der Waals surface area contributed by atoms with Gasteiger partial charge in [0, 0.05) is 11.8 Å². The van der Waals surface area contributed by atoms with Gasteiger partial charge in [0.05, 0.1) is 12.8 Å². The number of hydrogen-bond donors (Lipinski definition) is 1. The zero-order valence-corrected chi connectivity index (χ0v) is 16.5. The predicted molar refractivity (Wildman–Crippen MR) is 112 cm³/mol. The smallest absolute Gasteiger partial charge is 0.341 e. The second kappa shape index (κ2) is 10.9. The molecule has 0 aliphatic rings. The van der Waals surface area contributed by atoms with Gasteiger partial charge in [0.1, 0.15) is 0 Å². The summed E-state index contributed by atoms with van der Waals surface area (Å²) in [4.78, 5) is 15.4. The Bertz CT molecular complexity index is 825. The third kappa shape index (κ3) is 6.27. The number of rotatable bonds is 11. The van der Waals surface area contributed by atoms with Gasteiger partial charge in [-0.05, 0) is 54.7 Å². The number of nitrogens with zero attached hydrogens (tertiary/aromatic N) is 1. The predicted octanol–water partition coefficient (Wildman–Crippen LogP) is 4.98. The molecule has 0 fully saturated rings. The van der Waals surface area contributed by atoms with Gasteiger partial charge in [0.15, 0.2) is 18.1 Å². The molecule has 2 aromatic carbocycles. The molecule has 2 rings (SSSR count). The fourth-order valence-electron chi connectivity index (χ4n) is 2.79. The number of carboxylic acid groups (broad SMARTS) is 1. The van der Waals surface area contributed by atoms with Crippen molar-refractivity contribution >= 4 is 17.9 Å². The SMILES string of the molecule is C=CCc1cc(C=Nc2ccc(CCCC)cc2)cc(OC)c1OCC(=O)O. The first-order chi connectivity index (χ1) is 13.6. The number of aliphatic imine (C=N–C) groups is 1. The van der Waals surface area contributed by atoms with Crippen molar-refractivity contribution in [2.75, 3.05) is 13.7 Å². The number of methoxy groups -OCH3 is 1. The summed E-state index contributed by atoms with van der Waals surface area (Å²) in [6.45, 7) is 5.51. The van der Waals surface area contributed by atoms with Gasteiger partial charge in [-0.3, -0.25) is 4.99 Å². The molecule has 0 unspecified atom stereocenters. The van der Waals surface area contributed by atoms with Crippen LogP contribution in [0.15, 0.2) is 54.0 Å². The summed E-state index contributed by atoms with van der Waals surface area (Å²) in [5.41, 5.74) is 3.82. The average molecular weight is 381 g/mol. The molecule has 0 aliphatic heterocycles. The van der Waals surface area contributed by atoms with E-state index in [-0.39, 0.29) is 0 Å². The van der Waals surface area contributed by atoms with Crippen LogP contribution in [0.4, 0.5) is 5.69 Å². The molecule has 5 nitrogen and oxygen atoms in total. The van der Waals surface area contributed by atoms with E-state index < -0.39 is 12.6 Å². The highest BCUT2D eigenvalue weighted by molar-refractivity contribution is 5.84. The summed E-state index contributed by atoms with van der Waals surface area (Å²) in [7, 11) is 1.52. The van der Waals surface area contributed by atoms with E-state index in [1.807, 2.05) is 18.2 Å². The lowest BCUT2D eigenvalue weighted by atomic mass is 10.1. The van der Waals surface area contributed by atoms with E-state index in [0.717, 1.165) is 23.2 Å². The Morgan fingerprint density at radius 2 is 2.00 bits per heavy atom. The van der Waals surface area contributed by atoms with E-state index in [2.05, 4.69) is 30.6 Å². The molecule has 0 spiro atoms. The van der Waals surface area contributed by atoms with Crippen molar-refractivity contribution < 1.29 is 19.4 Å². The van der Waals surface area contributed by atoms with E-state index in [4.69, 9.17) is 14.6 Å². The molecular formula is C23H27NO4. The fourth-order valence-corrected chi connectivity index (χ4v) is 2.79. The van der Waals surface area contributed by atoms with Crippen LogP contribution >= 0.6 is 0 Å². The quantitative estimate of drug-likeness (QED) is 0.440. The van der Waals surface area contributed by atoms with Gasteiger partial charge in [-0.2, -0.15) is 0 Å². The van der Waals surface area contributed by atoms with Gasteiger partial charge in [0.25, 0.3) is 0 Å². The number of unbranched alkanes of at least 4 members (excludes halogenated alkanes) is 1. The van der Waals surface area contributed by atoms with Crippen LogP contribution in [0.5, 0.6) is 11.5 Å². The van der Waals surface area contributed by atoms with Crippen LogP contribution in [0.3, 0.4) is 0 Å². The van der Waals surface area contributed by atoms with Gasteiger partial charge < -0.3 is 14.6 Å². The molecule has 0 heterocycles. The number of allylic oxidation sites excluding steroid dienone is 1. The van der Waals surface area contributed by atoms with Crippen LogP contribution in [0.2, 0.25) is 0 Å². The lowest BCUT2D eigenvalue weighted by Gasteiger charge is -2.14. The van der Waals surface area contributed by atoms with Gasteiger partial charge in [-0.25, -0.2) is 4.79 Å². The normalized spacial score (nSPS) is 10.8. The zero-order chi connectivity index (χ0) is 20.4. The molecule has 0 atom stereocenters. The minimum absolute atomic E-state index is 0.419. The van der Waals surface area contributed by atoms with E-state index in [9.17, 15) is 4.79 Å². The first-order valence-electron chi connectivity index (χ1n) is 9.36. The Labute approximate surface area is 166 Å². The Hall–Kier alpha value is -3.08. The molecular weight excluding hydrogens is 354 g/mol.